The molecule has 1 aliphatic rings. The lowest BCUT2D eigenvalue weighted by Gasteiger charge is -2.46. The lowest BCUT2D eigenvalue weighted by molar-refractivity contribution is 0.147. The van der Waals surface area contributed by atoms with Crippen LogP contribution in [0, 0.1) is 0 Å². The summed E-state index contributed by atoms with van der Waals surface area (Å²) in [5.41, 5.74) is 0.492. The number of thiol groups is 1. The molecule has 0 aromatic heterocycles. The van der Waals surface area contributed by atoms with E-state index < -0.39 is 0 Å². The van der Waals surface area contributed by atoms with Gasteiger partial charge in [-0.3, -0.25) is 0 Å². The summed E-state index contributed by atoms with van der Waals surface area (Å²) in [6, 6.07) is 0.633. The molecule has 0 saturated carbocycles. The molecule has 2 N–H and O–H groups in total. The lowest BCUT2D eigenvalue weighted by Crippen LogP contribution is -2.61. The summed E-state index contributed by atoms with van der Waals surface area (Å²) >= 11 is 4.23. The predicted molar refractivity (Wildman–Crippen MR) is 66.2 cm³/mol. The second-order valence-corrected chi connectivity index (χ2v) is 6.12. The van der Waals surface area contributed by atoms with Crippen molar-refractivity contribution in [3.63, 3.8) is 0 Å². The van der Waals surface area contributed by atoms with Gasteiger partial charge >= 0.3 is 0 Å². The largest absolute Gasteiger partial charge is 0.313 e. The number of nitrogens with one attached hydrogen (secondary N) is 2. The molecule has 1 fully saturated rings. The van der Waals surface area contributed by atoms with Gasteiger partial charge in [-0.2, -0.15) is 12.6 Å². The quantitative estimate of drug-likeness (QED) is 0.627. The van der Waals surface area contributed by atoms with E-state index in [1.165, 1.54) is 12.8 Å². The molecule has 0 bridgehead atoms. The Hall–Kier alpha value is 0.270. The Labute approximate surface area is 93.6 Å². The number of rotatable bonds is 3. The van der Waals surface area contributed by atoms with Crippen LogP contribution in [0.3, 0.4) is 0 Å². The summed E-state index contributed by atoms with van der Waals surface area (Å²) in [7, 11) is 0. The second kappa shape index (κ2) is 4.42. The number of piperidine rings is 1. The SMILES string of the molecule is CC1(C)CC(NCCS)CC(C)(C)N1. The van der Waals surface area contributed by atoms with Gasteiger partial charge in [0.1, 0.15) is 0 Å². The molecule has 2 nitrogen and oxygen atoms in total. The molecule has 1 heterocycles. The maximum absolute atomic E-state index is 4.23. The lowest BCUT2D eigenvalue weighted by atomic mass is 9.79. The number of hydrogen-bond donors (Lipinski definition) is 3. The first kappa shape index (κ1) is 12.3. The van der Waals surface area contributed by atoms with Gasteiger partial charge in [0.05, 0.1) is 0 Å². The van der Waals surface area contributed by atoms with E-state index in [4.69, 9.17) is 0 Å². The minimum absolute atomic E-state index is 0.246. The second-order valence-electron chi connectivity index (χ2n) is 5.68. The molecule has 1 aliphatic heterocycles. The zero-order valence-corrected chi connectivity index (χ0v) is 10.7. The highest BCUT2D eigenvalue weighted by molar-refractivity contribution is 7.80. The Morgan fingerprint density at radius 1 is 1.21 bits per heavy atom. The van der Waals surface area contributed by atoms with Crippen LogP contribution >= 0.6 is 12.6 Å². The normalized spacial score (nSPS) is 26.4. The highest BCUT2D eigenvalue weighted by Gasteiger charge is 2.37. The molecular weight excluding hydrogens is 192 g/mol. The Morgan fingerprint density at radius 2 is 1.71 bits per heavy atom. The Kier molecular flexibility index (Phi) is 3.89. The highest BCUT2D eigenvalue weighted by Crippen LogP contribution is 2.28. The zero-order chi connectivity index (χ0) is 10.8. The molecule has 0 unspecified atom stereocenters. The Balaban J connectivity index is 2.53. The minimum atomic E-state index is 0.246. The molecular formula is C11H24N2S. The van der Waals surface area contributed by atoms with Crippen LogP contribution < -0.4 is 10.6 Å². The predicted octanol–water partition coefficient (Wildman–Crippen LogP) is 1.81. The van der Waals surface area contributed by atoms with Crippen LogP contribution in [0.2, 0.25) is 0 Å². The van der Waals surface area contributed by atoms with Gasteiger partial charge in [0.2, 0.25) is 0 Å². The maximum Gasteiger partial charge on any atom is 0.0144 e. The number of hydrogen-bond acceptors (Lipinski definition) is 3. The first-order chi connectivity index (χ1) is 6.35. The van der Waals surface area contributed by atoms with Gasteiger partial charge in [0, 0.05) is 29.4 Å². The smallest absolute Gasteiger partial charge is 0.0144 e. The van der Waals surface area contributed by atoms with E-state index in [1.54, 1.807) is 0 Å². The van der Waals surface area contributed by atoms with Gasteiger partial charge < -0.3 is 10.6 Å². The Morgan fingerprint density at radius 3 is 2.14 bits per heavy atom. The van der Waals surface area contributed by atoms with Crippen molar-refractivity contribution in [2.45, 2.75) is 57.7 Å². The first-order valence-electron chi connectivity index (χ1n) is 5.48. The van der Waals surface area contributed by atoms with Crippen LogP contribution in [0.25, 0.3) is 0 Å². The van der Waals surface area contributed by atoms with Crippen LogP contribution in [0.4, 0.5) is 0 Å². The van der Waals surface area contributed by atoms with Crippen molar-refractivity contribution in [3.8, 4) is 0 Å². The third kappa shape index (κ3) is 3.79. The standard InChI is InChI=1S/C11H24N2S/c1-10(2)7-9(12-5-6-14)8-11(3,4)13-10/h9,12-14H,5-8H2,1-4H3. The average molecular weight is 216 g/mol. The summed E-state index contributed by atoms with van der Waals surface area (Å²) in [6.45, 7) is 10.1. The summed E-state index contributed by atoms with van der Waals surface area (Å²) in [5.74, 6) is 0.921. The summed E-state index contributed by atoms with van der Waals surface area (Å²) in [4.78, 5) is 0. The van der Waals surface area contributed by atoms with E-state index in [0.717, 1.165) is 12.3 Å². The van der Waals surface area contributed by atoms with Crippen LogP contribution in [0.1, 0.15) is 40.5 Å². The van der Waals surface area contributed by atoms with E-state index in [-0.39, 0.29) is 11.1 Å². The molecule has 0 aliphatic carbocycles. The van der Waals surface area contributed by atoms with Crippen molar-refractivity contribution < 1.29 is 0 Å². The van der Waals surface area contributed by atoms with E-state index in [1.807, 2.05) is 0 Å². The fraction of sp³-hybridized carbons (Fsp3) is 1.00. The van der Waals surface area contributed by atoms with Crippen LogP contribution in [0.5, 0.6) is 0 Å². The highest BCUT2D eigenvalue weighted by atomic mass is 32.1. The van der Waals surface area contributed by atoms with Gasteiger partial charge in [-0.05, 0) is 40.5 Å². The fourth-order valence-electron chi connectivity index (χ4n) is 2.74. The molecule has 3 heteroatoms. The molecule has 0 amide bonds. The molecule has 1 rings (SSSR count). The molecule has 1 saturated heterocycles. The first-order valence-corrected chi connectivity index (χ1v) is 6.11. The molecule has 0 aromatic rings. The van der Waals surface area contributed by atoms with Crippen molar-refractivity contribution in [2.24, 2.45) is 0 Å². The van der Waals surface area contributed by atoms with Crippen LogP contribution in [0.15, 0.2) is 0 Å². The van der Waals surface area contributed by atoms with Gasteiger partial charge in [0.25, 0.3) is 0 Å². The fourth-order valence-corrected chi connectivity index (χ4v) is 2.86. The van der Waals surface area contributed by atoms with Gasteiger partial charge in [-0.25, -0.2) is 0 Å². The molecule has 0 spiro atoms. The van der Waals surface area contributed by atoms with E-state index >= 15 is 0 Å². The summed E-state index contributed by atoms with van der Waals surface area (Å²) < 4.78 is 0. The van der Waals surface area contributed by atoms with Crippen LogP contribution in [-0.2, 0) is 0 Å². The third-order valence-electron chi connectivity index (χ3n) is 2.74. The van der Waals surface area contributed by atoms with Crippen molar-refractivity contribution in [1.29, 1.82) is 0 Å². The van der Waals surface area contributed by atoms with Crippen molar-refractivity contribution in [2.75, 3.05) is 12.3 Å². The van der Waals surface area contributed by atoms with E-state index in [0.29, 0.717) is 6.04 Å². The van der Waals surface area contributed by atoms with Crippen molar-refractivity contribution in [3.05, 3.63) is 0 Å². The molecule has 0 radical (unpaired) electrons. The summed E-state index contributed by atoms with van der Waals surface area (Å²) in [5, 5.41) is 7.25. The van der Waals surface area contributed by atoms with Gasteiger partial charge in [-0.15, -0.1) is 0 Å². The molecule has 0 aromatic carbocycles. The maximum atomic E-state index is 4.23. The van der Waals surface area contributed by atoms with Crippen molar-refractivity contribution in [1.82, 2.24) is 10.6 Å². The van der Waals surface area contributed by atoms with Crippen molar-refractivity contribution >= 4 is 12.6 Å². The molecule has 0 atom stereocenters. The van der Waals surface area contributed by atoms with E-state index in [2.05, 4.69) is 51.0 Å². The minimum Gasteiger partial charge on any atom is -0.313 e. The van der Waals surface area contributed by atoms with Gasteiger partial charge in [-0.1, -0.05) is 0 Å². The molecule has 14 heavy (non-hydrogen) atoms. The third-order valence-corrected chi connectivity index (χ3v) is 2.96. The average Bonchev–Trinajstić information content (AvgIpc) is 1.94. The monoisotopic (exact) mass is 216 g/mol. The molecule has 84 valence electrons. The van der Waals surface area contributed by atoms with Crippen LogP contribution in [-0.4, -0.2) is 29.4 Å². The van der Waals surface area contributed by atoms with Gasteiger partial charge in [0.15, 0.2) is 0 Å². The summed E-state index contributed by atoms with van der Waals surface area (Å²) in [6.07, 6.45) is 2.40. The topological polar surface area (TPSA) is 24.1 Å². The Bertz CT molecular complexity index is 174. The zero-order valence-electron chi connectivity index (χ0n) is 9.85. The van der Waals surface area contributed by atoms with E-state index in [9.17, 15) is 0 Å².